The number of hydrogen-bond donors (Lipinski definition) is 2. The first kappa shape index (κ1) is 17.4. The SMILES string of the molecule is COc1ccc(F)cc1C(=O)NNC(=O)c1cc2c(s1)CCC(C)C2. The van der Waals surface area contributed by atoms with Gasteiger partial charge in [0.15, 0.2) is 0 Å². The van der Waals surface area contributed by atoms with E-state index in [0.29, 0.717) is 10.8 Å². The summed E-state index contributed by atoms with van der Waals surface area (Å²) in [5, 5.41) is 0. The first-order chi connectivity index (χ1) is 12.0. The molecule has 1 atom stereocenters. The van der Waals surface area contributed by atoms with E-state index in [1.54, 1.807) is 0 Å². The molecule has 1 aliphatic rings. The van der Waals surface area contributed by atoms with Crippen LogP contribution in [0.1, 0.15) is 43.8 Å². The minimum absolute atomic E-state index is 0.0158. The molecule has 25 heavy (non-hydrogen) atoms. The molecule has 2 aromatic rings. The van der Waals surface area contributed by atoms with Crippen LogP contribution in [-0.4, -0.2) is 18.9 Å². The van der Waals surface area contributed by atoms with Gasteiger partial charge in [-0.1, -0.05) is 6.92 Å². The fraction of sp³-hybridized carbons (Fsp3) is 0.333. The minimum Gasteiger partial charge on any atom is -0.496 e. The van der Waals surface area contributed by atoms with Gasteiger partial charge in [0.05, 0.1) is 17.6 Å². The van der Waals surface area contributed by atoms with Crippen LogP contribution in [0.3, 0.4) is 0 Å². The highest BCUT2D eigenvalue weighted by Gasteiger charge is 2.21. The number of aryl methyl sites for hydroxylation is 1. The van der Waals surface area contributed by atoms with Gasteiger partial charge in [0.25, 0.3) is 11.8 Å². The molecule has 0 spiro atoms. The van der Waals surface area contributed by atoms with Crippen molar-refractivity contribution >= 4 is 23.2 Å². The van der Waals surface area contributed by atoms with Crippen molar-refractivity contribution < 1.29 is 18.7 Å². The van der Waals surface area contributed by atoms with Crippen LogP contribution in [0.5, 0.6) is 5.75 Å². The van der Waals surface area contributed by atoms with Gasteiger partial charge in [0, 0.05) is 4.88 Å². The van der Waals surface area contributed by atoms with E-state index in [0.717, 1.165) is 25.3 Å². The molecule has 5 nitrogen and oxygen atoms in total. The number of rotatable bonds is 3. The number of thiophene rings is 1. The lowest BCUT2D eigenvalue weighted by Gasteiger charge is -2.16. The molecule has 1 aromatic carbocycles. The molecule has 7 heteroatoms. The van der Waals surface area contributed by atoms with Crippen LogP contribution in [0.4, 0.5) is 4.39 Å². The molecular weight excluding hydrogens is 343 g/mol. The summed E-state index contributed by atoms with van der Waals surface area (Å²) in [7, 11) is 1.39. The summed E-state index contributed by atoms with van der Waals surface area (Å²) in [5.41, 5.74) is 5.92. The number of methoxy groups -OCH3 is 1. The van der Waals surface area contributed by atoms with E-state index in [1.165, 1.54) is 41.0 Å². The third kappa shape index (κ3) is 3.82. The van der Waals surface area contributed by atoms with Gasteiger partial charge in [-0.05, 0) is 55.0 Å². The van der Waals surface area contributed by atoms with Crippen molar-refractivity contribution in [3.8, 4) is 5.75 Å². The molecule has 0 aliphatic heterocycles. The monoisotopic (exact) mass is 362 g/mol. The van der Waals surface area contributed by atoms with E-state index in [9.17, 15) is 14.0 Å². The summed E-state index contributed by atoms with van der Waals surface area (Å²) in [4.78, 5) is 26.3. The fourth-order valence-electron chi connectivity index (χ4n) is 2.92. The molecule has 3 rings (SSSR count). The van der Waals surface area contributed by atoms with Crippen molar-refractivity contribution in [1.29, 1.82) is 0 Å². The van der Waals surface area contributed by atoms with Crippen molar-refractivity contribution in [2.24, 2.45) is 5.92 Å². The third-order valence-electron chi connectivity index (χ3n) is 4.25. The molecule has 2 N–H and O–H groups in total. The van der Waals surface area contributed by atoms with Crippen LogP contribution in [0.15, 0.2) is 24.3 Å². The second-order valence-corrected chi connectivity index (χ2v) is 7.30. The van der Waals surface area contributed by atoms with Gasteiger partial charge in [-0.3, -0.25) is 20.4 Å². The maximum Gasteiger partial charge on any atom is 0.279 e. The Morgan fingerprint density at radius 2 is 2.00 bits per heavy atom. The van der Waals surface area contributed by atoms with E-state index in [4.69, 9.17) is 4.74 Å². The zero-order valence-electron chi connectivity index (χ0n) is 14.0. The highest BCUT2D eigenvalue weighted by Crippen LogP contribution is 2.32. The zero-order chi connectivity index (χ0) is 18.0. The summed E-state index contributed by atoms with van der Waals surface area (Å²) < 4.78 is 18.4. The number of carbonyl (C=O) groups excluding carboxylic acids is 2. The molecular formula is C18H19FN2O3S. The number of amides is 2. The average molecular weight is 362 g/mol. The van der Waals surface area contributed by atoms with E-state index in [2.05, 4.69) is 17.8 Å². The smallest absolute Gasteiger partial charge is 0.279 e. The number of halogens is 1. The van der Waals surface area contributed by atoms with Crippen LogP contribution < -0.4 is 15.6 Å². The predicted octanol–water partition coefficient (Wildman–Crippen LogP) is 3.10. The molecule has 1 heterocycles. The number of ether oxygens (including phenoxy) is 1. The zero-order valence-corrected chi connectivity index (χ0v) is 14.8. The second-order valence-electron chi connectivity index (χ2n) is 6.16. The Kier molecular flexibility index (Phi) is 5.03. The Labute approximate surface area is 149 Å². The Hall–Kier alpha value is -2.41. The minimum atomic E-state index is -0.639. The predicted molar refractivity (Wildman–Crippen MR) is 93.4 cm³/mol. The fourth-order valence-corrected chi connectivity index (χ4v) is 4.02. The van der Waals surface area contributed by atoms with Gasteiger partial charge in [0.1, 0.15) is 11.6 Å². The molecule has 132 valence electrons. The van der Waals surface area contributed by atoms with Gasteiger partial charge in [-0.2, -0.15) is 0 Å². The normalized spacial score (nSPS) is 16.0. The lowest BCUT2D eigenvalue weighted by atomic mass is 9.90. The largest absolute Gasteiger partial charge is 0.496 e. The van der Waals surface area contributed by atoms with Crippen molar-refractivity contribution in [3.63, 3.8) is 0 Å². The average Bonchev–Trinajstić information content (AvgIpc) is 3.02. The molecule has 1 aromatic heterocycles. The lowest BCUT2D eigenvalue weighted by molar-refractivity contribution is 0.0847. The Bertz CT molecular complexity index is 819. The molecule has 0 bridgehead atoms. The summed E-state index contributed by atoms with van der Waals surface area (Å²) >= 11 is 1.46. The van der Waals surface area contributed by atoms with Crippen molar-refractivity contribution in [3.05, 3.63) is 51.0 Å². The first-order valence-electron chi connectivity index (χ1n) is 8.03. The standard InChI is InChI=1S/C18H19FN2O3S/c1-10-3-6-15-11(7-10)8-16(25-15)18(23)21-20-17(22)13-9-12(19)4-5-14(13)24-2/h4-5,8-10H,3,6-7H2,1-2H3,(H,20,22)(H,21,23). The number of carbonyl (C=O) groups is 2. The van der Waals surface area contributed by atoms with E-state index in [1.807, 2.05) is 6.07 Å². The number of nitrogens with one attached hydrogen (secondary N) is 2. The van der Waals surface area contributed by atoms with Gasteiger partial charge >= 0.3 is 0 Å². The number of hydrogen-bond acceptors (Lipinski definition) is 4. The molecule has 1 aliphatic carbocycles. The van der Waals surface area contributed by atoms with Gasteiger partial charge in [-0.15, -0.1) is 11.3 Å². The summed E-state index contributed by atoms with van der Waals surface area (Å²) in [6, 6.07) is 5.51. The molecule has 0 saturated carbocycles. The maximum absolute atomic E-state index is 13.3. The van der Waals surface area contributed by atoms with Gasteiger partial charge in [-0.25, -0.2) is 4.39 Å². The van der Waals surface area contributed by atoms with Gasteiger partial charge < -0.3 is 4.74 Å². The molecule has 0 radical (unpaired) electrons. The maximum atomic E-state index is 13.3. The molecule has 0 saturated heterocycles. The Morgan fingerprint density at radius 1 is 1.24 bits per heavy atom. The molecule has 0 fully saturated rings. The summed E-state index contributed by atoms with van der Waals surface area (Å²) in [6.07, 6.45) is 3.10. The molecule has 2 amide bonds. The van der Waals surface area contributed by atoms with Gasteiger partial charge in [0.2, 0.25) is 0 Å². The lowest BCUT2D eigenvalue weighted by Crippen LogP contribution is -2.41. The van der Waals surface area contributed by atoms with Crippen LogP contribution in [0.25, 0.3) is 0 Å². The second kappa shape index (κ2) is 7.23. The topological polar surface area (TPSA) is 67.4 Å². The van der Waals surface area contributed by atoms with E-state index < -0.39 is 11.7 Å². The third-order valence-corrected chi connectivity index (χ3v) is 5.48. The number of hydrazine groups is 1. The van der Waals surface area contributed by atoms with Crippen LogP contribution in [-0.2, 0) is 12.8 Å². The Balaban J connectivity index is 1.66. The first-order valence-corrected chi connectivity index (χ1v) is 8.85. The number of fused-ring (bicyclic) bond motifs is 1. The Morgan fingerprint density at radius 3 is 2.76 bits per heavy atom. The van der Waals surface area contributed by atoms with Crippen LogP contribution in [0, 0.1) is 11.7 Å². The summed E-state index contributed by atoms with van der Waals surface area (Å²) in [6.45, 7) is 2.20. The van der Waals surface area contributed by atoms with Crippen LogP contribution >= 0.6 is 11.3 Å². The van der Waals surface area contributed by atoms with E-state index in [-0.39, 0.29) is 17.2 Å². The van der Waals surface area contributed by atoms with Crippen molar-refractivity contribution in [2.45, 2.75) is 26.2 Å². The summed E-state index contributed by atoms with van der Waals surface area (Å²) in [5.74, 6) is -0.723. The quantitative estimate of drug-likeness (QED) is 0.825. The van der Waals surface area contributed by atoms with Crippen molar-refractivity contribution in [1.82, 2.24) is 10.9 Å². The highest BCUT2D eigenvalue weighted by molar-refractivity contribution is 7.14. The van der Waals surface area contributed by atoms with Crippen molar-refractivity contribution in [2.75, 3.05) is 7.11 Å². The van der Waals surface area contributed by atoms with Crippen LogP contribution in [0.2, 0.25) is 0 Å². The highest BCUT2D eigenvalue weighted by atomic mass is 32.1. The molecule has 1 unspecified atom stereocenters. The number of benzene rings is 1. The van der Waals surface area contributed by atoms with E-state index >= 15 is 0 Å².